The van der Waals surface area contributed by atoms with E-state index in [0.29, 0.717) is 11.8 Å². The Balaban J connectivity index is 1.18. The number of para-hydroxylation sites is 1. The summed E-state index contributed by atoms with van der Waals surface area (Å²) >= 11 is 0. The summed E-state index contributed by atoms with van der Waals surface area (Å²) in [6.45, 7) is 18.0. The highest BCUT2D eigenvalue weighted by Gasteiger charge is 2.27. The fourth-order valence-electron chi connectivity index (χ4n) is 8.81. The molecule has 8 aromatic rings. The molecule has 2 nitrogen and oxygen atoms in total. The van der Waals surface area contributed by atoms with Crippen LogP contribution in [0, 0.1) is 18.3 Å². The normalized spacial score (nSPS) is 12.7. The Hall–Kier alpha value is -6.64. The maximum absolute atomic E-state index is 4.07. The lowest BCUT2D eigenvalue weighted by Gasteiger charge is -2.32. The van der Waals surface area contributed by atoms with Gasteiger partial charge in [-0.1, -0.05) is 168 Å². The molecule has 61 heavy (non-hydrogen) atoms. The summed E-state index contributed by atoms with van der Waals surface area (Å²) in [7, 11) is 0. The number of hydrogen-bond acceptors (Lipinski definition) is 1. The van der Waals surface area contributed by atoms with E-state index >= 15 is 0 Å². The van der Waals surface area contributed by atoms with Crippen molar-refractivity contribution < 1.29 is 0 Å². The molecule has 2 heteroatoms. The van der Waals surface area contributed by atoms with Crippen molar-refractivity contribution in [2.24, 2.45) is 11.3 Å². The number of anilines is 2. The lowest BCUT2D eigenvalue weighted by atomic mass is 9.72. The molecule has 0 saturated heterocycles. The molecular formula is C59H58N2. The average molecular weight is 795 g/mol. The van der Waals surface area contributed by atoms with Crippen LogP contribution in [-0.4, -0.2) is 4.57 Å². The molecule has 0 spiro atoms. The smallest absolute Gasteiger partial charge is 0.0541 e. The van der Waals surface area contributed by atoms with Crippen LogP contribution in [0.1, 0.15) is 63.6 Å². The van der Waals surface area contributed by atoms with Gasteiger partial charge in [-0.15, -0.1) is 0 Å². The zero-order chi connectivity index (χ0) is 42.5. The number of benzene rings is 7. The van der Waals surface area contributed by atoms with Crippen molar-refractivity contribution in [3.05, 3.63) is 223 Å². The van der Waals surface area contributed by atoms with E-state index in [4.69, 9.17) is 0 Å². The zero-order valence-corrected chi connectivity index (χ0v) is 36.6. The maximum atomic E-state index is 4.07. The Bertz CT molecular complexity index is 2790. The molecular weight excluding hydrogens is 737 g/mol. The van der Waals surface area contributed by atoms with Gasteiger partial charge in [0.25, 0.3) is 0 Å². The van der Waals surface area contributed by atoms with Crippen LogP contribution in [0.25, 0.3) is 49.7 Å². The van der Waals surface area contributed by atoms with Crippen LogP contribution in [0.3, 0.4) is 0 Å². The third-order valence-electron chi connectivity index (χ3n) is 12.0. The van der Waals surface area contributed by atoms with Gasteiger partial charge < -0.3 is 9.47 Å². The van der Waals surface area contributed by atoms with E-state index in [9.17, 15) is 0 Å². The van der Waals surface area contributed by atoms with Crippen LogP contribution in [0.5, 0.6) is 0 Å². The predicted octanol–water partition coefficient (Wildman–Crippen LogP) is 16.6. The van der Waals surface area contributed by atoms with Crippen LogP contribution in [0.4, 0.5) is 11.4 Å². The molecule has 0 bridgehead atoms. The van der Waals surface area contributed by atoms with Crippen LogP contribution >= 0.6 is 0 Å². The molecule has 1 unspecified atom stereocenters. The number of rotatable bonds is 13. The van der Waals surface area contributed by atoms with Gasteiger partial charge in [-0.05, 0) is 143 Å². The molecule has 0 saturated carbocycles. The van der Waals surface area contributed by atoms with E-state index in [1.165, 1.54) is 72.9 Å². The van der Waals surface area contributed by atoms with Crippen molar-refractivity contribution in [1.82, 2.24) is 4.57 Å². The Kier molecular flexibility index (Phi) is 12.1. The first-order valence-corrected chi connectivity index (χ1v) is 21.8. The summed E-state index contributed by atoms with van der Waals surface area (Å²) in [6.07, 6.45) is 10.4. The largest absolute Gasteiger partial charge is 0.311 e. The topological polar surface area (TPSA) is 8.17 Å². The third-order valence-corrected chi connectivity index (χ3v) is 12.0. The molecule has 1 aromatic heterocycles. The lowest BCUT2D eigenvalue weighted by molar-refractivity contribution is 0.280. The van der Waals surface area contributed by atoms with Crippen molar-refractivity contribution >= 4 is 33.2 Å². The molecule has 0 N–H and O–H groups in total. The second kappa shape index (κ2) is 17.9. The monoisotopic (exact) mass is 794 g/mol. The van der Waals surface area contributed by atoms with Crippen molar-refractivity contribution in [3.8, 4) is 27.9 Å². The summed E-state index contributed by atoms with van der Waals surface area (Å²) in [5.74, 6) is 1.16. The van der Waals surface area contributed by atoms with E-state index < -0.39 is 0 Å². The van der Waals surface area contributed by atoms with Gasteiger partial charge in [-0.25, -0.2) is 0 Å². The number of allylic oxidation sites excluding steroid dienone is 4. The molecule has 0 radical (unpaired) electrons. The molecule has 1 atom stereocenters. The first kappa shape index (κ1) is 41.1. The van der Waals surface area contributed by atoms with E-state index in [1.54, 1.807) is 0 Å². The second-order valence-corrected chi connectivity index (χ2v) is 17.9. The molecule has 0 fully saturated rings. The molecule has 1 heterocycles. The van der Waals surface area contributed by atoms with Gasteiger partial charge >= 0.3 is 0 Å². The Morgan fingerprint density at radius 1 is 0.623 bits per heavy atom. The van der Waals surface area contributed by atoms with Crippen LogP contribution in [0.15, 0.2) is 206 Å². The summed E-state index contributed by atoms with van der Waals surface area (Å²) in [5.41, 5.74) is 15.8. The molecule has 8 rings (SSSR count). The highest BCUT2D eigenvalue weighted by molar-refractivity contribution is 6.11. The van der Waals surface area contributed by atoms with Crippen molar-refractivity contribution in [2.75, 3.05) is 4.90 Å². The van der Waals surface area contributed by atoms with Gasteiger partial charge in [-0.2, -0.15) is 0 Å². The second-order valence-electron chi connectivity index (χ2n) is 17.9. The fourth-order valence-corrected chi connectivity index (χ4v) is 8.81. The molecule has 304 valence electrons. The number of aromatic nitrogens is 1. The Morgan fingerprint density at radius 2 is 1.15 bits per heavy atom. The molecule has 0 aliphatic carbocycles. The van der Waals surface area contributed by atoms with Crippen LogP contribution in [0.2, 0.25) is 0 Å². The first-order chi connectivity index (χ1) is 29.6. The Labute approximate surface area is 363 Å². The molecule has 0 aliphatic rings. The number of aryl methyl sites for hydroxylation is 1. The number of hydrogen-bond donors (Lipinski definition) is 0. The summed E-state index contributed by atoms with van der Waals surface area (Å²) in [5, 5.41) is 2.49. The lowest BCUT2D eigenvalue weighted by Crippen LogP contribution is -2.20. The van der Waals surface area contributed by atoms with E-state index in [0.717, 1.165) is 23.5 Å². The quantitative estimate of drug-likeness (QED) is 0.106. The number of nitrogens with zero attached hydrogens (tertiary/aromatic N) is 2. The third kappa shape index (κ3) is 9.10. The highest BCUT2D eigenvalue weighted by atomic mass is 15.1. The van der Waals surface area contributed by atoms with E-state index in [-0.39, 0.29) is 5.41 Å². The average Bonchev–Trinajstić information content (AvgIpc) is 3.59. The van der Waals surface area contributed by atoms with Gasteiger partial charge in [-0.3, -0.25) is 0 Å². The zero-order valence-electron chi connectivity index (χ0n) is 36.6. The van der Waals surface area contributed by atoms with Gasteiger partial charge in [0.05, 0.1) is 11.0 Å². The van der Waals surface area contributed by atoms with Gasteiger partial charge in [0.15, 0.2) is 0 Å². The first-order valence-electron chi connectivity index (χ1n) is 21.8. The van der Waals surface area contributed by atoms with Crippen molar-refractivity contribution in [1.29, 1.82) is 0 Å². The minimum atomic E-state index is 0.202. The van der Waals surface area contributed by atoms with Gasteiger partial charge in [0.2, 0.25) is 0 Å². The van der Waals surface area contributed by atoms with Gasteiger partial charge in [0.1, 0.15) is 0 Å². The molecule has 0 aliphatic heterocycles. The van der Waals surface area contributed by atoms with E-state index in [2.05, 4.69) is 246 Å². The predicted molar refractivity (Wildman–Crippen MR) is 264 cm³/mol. The van der Waals surface area contributed by atoms with E-state index in [1.807, 2.05) is 6.08 Å². The molecule has 7 aromatic carbocycles. The molecule has 0 amide bonds. The summed E-state index contributed by atoms with van der Waals surface area (Å²) in [4.78, 5) is 2.30. The highest BCUT2D eigenvalue weighted by Crippen LogP contribution is 2.42. The SMILES string of the molecule is C=C/C=C(\C=C/Cc1ccccc1)N(c1ccccc1)c1ccc(-c2ccc3c(c2)c2cc(-c4ccc(C(CC(C)C)C(C)(C)C)cc4)ccc2n3-c2ccc(C)cc2)cc1. The minimum Gasteiger partial charge on any atom is -0.311 e. The van der Waals surface area contributed by atoms with Crippen molar-refractivity contribution in [2.45, 2.75) is 60.3 Å². The Morgan fingerprint density at radius 3 is 1.69 bits per heavy atom. The maximum Gasteiger partial charge on any atom is 0.0541 e. The minimum absolute atomic E-state index is 0.202. The summed E-state index contributed by atoms with van der Waals surface area (Å²) in [6, 6.07) is 62.3. The fraction of sp³-hybridized carbons (Fsp3) is 0.186. The van der Waals surface area contributed by atoms with Gasteiger partial charge in [0, 0.05) is 33.5 Å². The number of fused-ring (bicyclic) bond motifs is 3. The van der Waals surface area contributed by atoms with Crippen LogP contribution < -0.4 is 4.90 Å². The van der Waals surface area contributed by atoms with Crippen molar-refractivity contribution in [3.63, 3.8) is 0 Å². The summed E-state index contributed by atoms with van der Waals surface area (Å²) < 4.78 is 2.42. The standard InChI is InChI=1S/C59H58N2/c1-8-16-50(22-15-19-44-17-11-9-12-18-44)60(51-20-13-10-14-21-51)52-35-29-46(30-36-52)49-32-38-58-55(41-49)54-40-48(31-37-57(54)61(58)53-33-23-43(4)24-34-53)45-25-27-47(28-26-45)56(39-42(2)3)59(5,6)7/h8-18,20-38,40-42,56H,1,19,39H2,2-7H3/b22-15-,50-16+. The van der Waals surface area contributed by atoms with Crippen LogP contribution in [-0.2, 0) is 6.42 Å².